The summed E-state index contributed by atoms with van der Waals surface area (Å²) in [5, 5.41) is 3.13. The lowest BCUT2D eigenvalue weighted by Gasteiger charge is -2.12. The molecule has 2 aromatic heterocycles. The molecule has 7 nitrogen and oxygen atoms in total. The van der Waals surface area contributed by atoms with Gasteiger partial charge in [0.1, 0.15) is 11.1 Å². The van der Waals surface area contributed by atoms with Gasteiger partial charge in [0.2, 0.25) is 5.88 Å². The Morgan fingerprint density at radius 1 is 1.52 bits per heavy atom. The minimum absolute atomic E-state index is 0.0333. The summed E-state index contributed by atoms with van der Waals surface area (Å²) in [4.78, 5) is 23.1. The third-order valence-corrected chi connectivity index (χ3v) is 3.74. The Balaban J connectivity index is 1.54. The van der Waals surface area contributed by atoms with E-state index in [2.05, 4.69) is 20.3 Å². The summed E-state index contributed by atoms with van der Waals surface area (Å²) in [6, 6.07) is 1.56. The molecular weight excluding hydrogens is 320 g/mol. The highest BCUT2D eigenvalue weighted by molar-refractivity contribution is 6.32. The summed E-state index contributed by atoms with van der Waals surface area (Å²) in [7, 11) is 0. The minimum Gasteiger partial charge on any atom is -0.471 e. The first kappa shape index (κ1) is 15.8. The van der Waals surface area contributed by atoms with E-state index < -0.39 is 0 Å². The van der Waals surface area contributed by atoms with Crippen LogP contribution in [0.2, 0.25) is 5.02 Å². The largest absolute Gasteiger partial charge is 0.471 e. The van der Waals surface area contributed by atoms with Crippen molar-refractivity contribution in [1.29, 1.82) is 0 Å². The Morgan fingerprint density at radius 3 is 3.13 bits per heavy atom. The second-order valence-electron chi connectivity index (χ2n) is 5.20. The van der Waals surface area contributed by atoms with E-state index in [0.717, 1.165) is 12.1 Å². The average Bonchev–Trinajstić information content (AvgIpc) is 3.22. The summed E-state index contributed by atoms with van der Waals surface area (Å²) in [5.41, 5.74) is 1.36. The third-order valence-electron chi connectivity index (χ3n) is 3.47. The molecule has 2 N–H and O–H groups in total. The molecule has 1 aliphatic rings. The van der Waals surface area contributed by atoms with Crippen LogP contribution in [0.5, 0.6) is 5.88 Å². The summed E-state index contributed by atoms with van der Waals surface area (Å²) in [5.74, 6) is 0.103. The molecule has 122 valence electrons. The van der Waals surface area contributed by atoms with Gasteiger partial charge in [-0.05, 0) is 6.07 Å². The average molecular weight is 337 g/mol. The van der Waals surface area contributed by atoms with Gasteiger partial charge in [-0.1, -0.05) is 11.6 Å². The highest BCUT2D eigenvalue weighted by Gasteiger charge is 2.19. The molecule has 23 heavy (non-hydrogen) atoms. The molecule has 0 spiro atoms. The summed E-state index contributed by atoms with van der Waals surface area (Å²) in [6.45, 7) is 1.71. The van der Waals surface area contributed by atoms with Crippen LogP contribution in [0.4, 0.5) is 0 Å². The fraction of sp³-hybridized carbons (Fsp3) is 0.400. The molecule has 0 saturated carbocycles. The van der Waals surface area contributed by atoms with Crippen LogP contribution in [-0.4, -0.2) is 46.7 Å². The predicted molar refractivity (Wildman–Crippen MR) is 83.7 cm³/mol. The number of pyridine rings is 1. The van der Waals surface area contributed by atoms with Crippen LogP contribution < -0.4 is 10.1 Å². The van der Waals surface area contributed by atoms with Crippen LogP contribution >= 0.6 is 11.6 Å². The number of H-pyrrole nitrogens is 1. The number of nitrogens with zero attached hydrogens (tertiary/aromatic N) is 2. The predicted octanol–water partition coefficient (Wildman–Crippen LogP) is 1.60. The molecule has 0 aromatic carbocycles. The van der Waals surface area contributed by atoms with Crippen molar-refractivity contribution in [2.45, 2.75) is 18.9 Å². The standard InChI is InChI=1S/C15H17ClN4O3/c16-13-5-10(6-19-15(13)23-12-2-4-22-8-12)14(21)18-3-1-11-7-17-9-20-11/h5-7,9,12H,1-4,8H2,(H,17,20)(H,18,21). The SMILES string of the molecule is O=C(NCCc1cnc[nH]1)c1cnc(OC2CCOC2)c(Cl)c1. The fourth-order valence-corrected chi connectivity index (χ4v) is 2.45. The van der Waals surface area contributed by atoms with E-state index in [1.54, 1.807) is 18.6 Å². The van der Waals surface area contributed by atoms with Crippen LogP contribution in [0, 0.1) is 0 Å². The number of hydrogen-bond donors (Lipinski definition) is 2. The Hall–Kier alpha value is -2.12. The van der Waals surface area contributed by atoms with Crippen molar-refractivity contribution < 1.29 is 14.3 Å². The van der Waals surface area contributed by atoms with Crippen molar-refractivity contribution in [2.75, 3.05) is 19.8 Å². The Kier molecular flexibility index (Phi) is 5.09. The number of carbonyl (C=O) groups excluding carboxylic acids is 1. The molecule has 1 unspecified atom stereocenters. The molecule has 8 heteroatoms. The minimum atomic E-state index is -0.227. The maximum atomic E-state index is 12.1. The van der Waals surface area contributed by atoms with Crippen LogP contribution in [0.25, 0.3) is 0 Å². The maximum absolute atomic E-state index is 12.1. The lowest BCUT2D eigenvalue weighted by Crippen LogP contribution is -2.26. The van der Waals surface area contributed by atoms with Gasteiger partial charge in [0.05, 0.1) is 25.1 Å². The number of carbonyl (C=O) groups is 1. The molecule has 1 fully saturated rings. The van der Waals surface area contributed by atoms with Crippen molar-refractivity contribution in [3.63, 3.8) is 0 Å². The zero-order valence-electron chi connectivity index (χ0n) is 12.4. The van der Waals surface area contributed by atoms with E-state index in [0.29, 0.717) is 42.6 Å². The number of amides is 1. The van der Waals surface area contributed by atoms with E-state index in [9.17, 15) is 4.79 Å². The van der Waals surface area contributed by atoms with Gasteiger partial charge in [0.25, 0.3) is 5.91 Å². The van der Waals surface area contributed by atoms with Gasteiger partial charge in [0.15, 0.2) is 0 Å². The van der Waals surface area contributed by atoms with Gasteiger partial charge in [0, 0.05) is 37.5 Å². The molecule has 3 rings (SSSR count). The van der Waals surface area contributed by atoms with Crippen molar-refractivity contribution in [3.05, 3.63) is 41.1 Å². The van der Waals surface area contributed by atoms with Crippen LogP contribution in [-0.2, 0) is 11.2 Å². The van der Waals surface area contributed by atoms with E-state index in [-0.39, 0.29) is 12.0 Å². The molecule has 0 bridgehead atoms. The number of imidazole rings is 1. The summed E-state index contributed by atoms with van der Waals surface area (Å²) < 4.78 is 10.9. The number of aromatic nitrogens is 3. The highest BCUT2D eigenvalue weighted by Crippen LogP contribution is 2.25. The number of halogens is 1. The fourth-order valence-electron chi connectivity index (χ4n) is 2.23. The zero-order valence-corrected chi connectivity index (χ0v) is 13.2. The molecule has 1 saturated heterocycles. The van der Waals surface area contributed by atoms with Crippen molar-refractivity contribution in [2.24, 2.45) is 0 Å². The lowest BCUT2D eigenvalue weighted by atomic mass is 10.2. The van der Waals surface area contributed by atoms with Gasteiger partial charge in [-0.15, -0.1) is 0 Å². The molecule has 0 aliphatic carbocycles. The van der Waals surface area contributed by atoms with Gasteiger partial charge in [-0.25, -0.2) is 9.97 Å². The third kappa shape index (κ3) is 4.20. The molecule has 3 heterocycles. The second-order valence-corrected chi connectivity index (χ2v) is 5.60. The normalized spacial score (nSPS) is 17.2. The maximum Gasteiger partial charge on any atom is 0.252 e. The van der Waals surface area contributed by atoms with Gasteiger partial charge < -0.3 is 19.8 Å². The molecule has 1 atom stereocenters. The van der Waals surface area contributed by atoms with Crippen LogP contribution in [0.15, 0.2) is 24.8 Å². The topological polar surface area (TPSA) is 89.1 Å². The Morgan fingerprint density at radius 2 is 2.43 bits per heavy atom. The number of nitrogens with one attached hydrogen (secondary N) is 2. The van der Waals surface area contributed by atoms with Crippen molar-refractivity contribution in [1.82, 2.24) is 20.3 Å². The van der Waals surface area contributed by atoms with E-state index in [1.165, 1.54) is 6.20 Å². The van der Waals surface area contributed by atoms with Gasteiger partial charge >= 0.3 is 0 Å². The number of ether oxygens (including phenoxy) is 2. The highest BCUT2D eigenvalue weighted by atomic mass is 35.5. The first-order valence-corrected chi connectivity index (χ1v) is 7.75. The molecular formula is C15H17ClN4O3. The van der Waals surface area contributed by atoms with Gasteiger partial charge in [-0.3, -0.25) is 4.79 Å². The summed E-state index contributed by atoms with van der Waals surface area (Å²) >= 11 is 6.15. The molecule has 1 aliphatic heterocycles. The van der Waals surface area contributed by atoms with Crippen molar-refractivity contribution >= 4 is 17.5 Å². The smallest absolute Gasteiger partial charge is 0.252 e. The van der Waals surface area contributed by atoms with Crippen LogP contribution in [0.1, 0.15) is 22.5 Å². The number of rotatable bonds is 6. The monoisotopic (exact) mass is 336 g/mol. The zero-order chi connectivity index (χ0) is 16.1. The first-order valence-electron chi connectivity index (χ1n) is 7.38. The summed E-state index contributed by atoms with van der Waals surface area (Å²) in [6.07, 6.45) is 6.25. The number of aromatic amines is 1. The number of hydrogen-bond acceptors (Lipinski definition) is 5. The van der Waals surface area contributed by atoms with E-state index in [1.807, 2.05) is 0 Å². The van der Waals surface area contributed by atoms with Gasteiger partial charge in [-0.2, -0.15) is 0 Å². The molecule has 1 amide bonds. The Bertz CT molecular complexity index is 657. The lowest BCUT2D eigenvalue weighted by molar-refractivity contribution is 0.0953. The molecule has 2 aromatic rings. The second kappa shape index (κ2) is 7.43. The van der Waals surface area contributed by atoms with Crippen LogP contribution in [0.3, 0.4) is 0 Å². The van der Waals surface area contributed by atoms with E-state index in [4.69, 9.17) is 21.1 Å². The van der Waals surface area contributed by atoms with E-state index >= 15 is 0 Å². The Labute approximate surface area is 138 Å². The molecule has 0 radical (unpaired) electrons. The van der Waals surface area contributed by atoms with Crippen molar-refractivity contribution in [3.8, 4) is 5.88 Å². The first-order chi connectivity index (χ1) is 11.2. The quantitative estimate of drug-likeness (QED) is 0.836.